The van der Waals surface area contributed by atoms with Gasteiger partial charge in [-0.25, -0.2) is 0 Å². The number of nitrogens with one attached hydrogen (secondary N) is 1. The highest BCUT2D eigenvalue weighted by molar-refractivity contribution is 7.71. The van der Waals surface area contributed by atoms with Crippen molar-refractivity contribution in [3.05, 3.63) is 39.8 Å². The summed E-state index contributed by atoms with van der Waals surface area (Å²) >= 11 is 7.06. The Morgan fingerprint density at radius 1 is 1.39 bits per heavy atom. The average molecular weight is 276 g/mol. The van der Waals surface area contributed by atoms with Crippen molar-refractivity contribution in [3.63, 3.8) is 0 Å². The lowest BCUT2D eigenvalue weighted by Crippen LogP contribution is -1.93. The first-order valence-electron chi connectivity index (χ1n) is 5.70. The van der Waals surface area contributed by atoms with Gasteiger partial charge in [0.2, 0.25) is 0 Å². The van der Waals surface area contributed by atoms with Gasteiger partial charge in [0, 0.05) is 5.38 Å². The number of rotatable bonds is 3. The van der Waals surface area contributed by atoms with Crippen LogP contribution >= 0.6 is 23.6 Å². The summed E-state index contributed by atoms with van der Waals surface area (Å²) in [4.78, 5) is 3.23. The molecule has 0 unspecified atom stereocenters. The van der Waals surface area contributed by atoms with Crippen LogP contribution in [-0.4, -0.2) is 16.2 Å². The highest BCUT2D eigenvalue weighted by Crippen LogP contribution is 2.27. The van der Waals surface area contributed by atoms with Gasteiger partial charge in [-0.1, -0.05) is 6.07 Å². The molecule has 0 aliphatic carbocycles. The normalized spacial score (nSPS) is 10.9. The quantitative estimate of drug-likeness (QED) is 0.728. The summed E-state index contributed by atoms with van der Waals surface area (Å²) in [6.45, 7) is 2.62. The van der Waals surface area contributed by atoms with Gasteiger partial charge in [-0.05, 0) is 42.7 Å². The number of thiophene rings is 1. The minimum absolute atomic E-state index is 0.642. The van der Waals surface area contributed by atoms with Gasteiger partial charge >= 0.3 is 0 Å². The zero-order chi connectivity index (χ0) is 12.5. The molecule has 0 aliphatic heterocycles. The molecular weight excluding hydrogens is 264 g/mol. The van der Waals surface area contributed by atoms with Crippen LogP contribution in [0.2, 0.25) is 0 Å². The number of fused-ring (bicyclic) bond motifs is 1. The van der Waals surface area contributed by atoms with Gasteiger partial charge in [0.05, 0.1) is 17.8 Å². The molecule has 2 aromatic heterocycles. The molecule has 0 radical (unpaired) electrons. The lowest BCUT2D eigenvalue weighted by molar-refractivity contribution is 0.343. The molecule has 0 aliphatic rings. The molecule has 0 saturated carbocycles. The van der Waals surface area contributed by atoms with Gasteiger partial charge in [-0.15, -0.1) is 0 Å². The van der Waals surface area contributed by atoms with Crippen LogP contribution in [0.1, 0.15) is 6.92 Å². The van der Waals surface area contributed by atoms with Crippen LogP contribution in [0, 0.1) is 4.77 Å². The molecule has 5 heteroatoms. The first-order valence-corrected chi connectivity index (χ1v) is 7.05. The molecule has 0 bridgehead atoms. The van der Waals surface area contributed by atoms with Crippen LogP contribution in [0.25, 0.3) is 16.7 Å². The number of imidazole rings is 1. The Labute approximate surface area is 114 Å². The molecule has 3 nitrogen and oxygen atoms in total. The van der Waals surface area contributed by atoms with E-state index in [1.54, 1.807) is 11.3 Å². The predicted octanol–water partition coefficient (Wildman–Crippen LogP) is 4.15. The number of nitrogens with zero attached hydrogens (tertiary/aromatic N) is 1. The number of para-hydroxylation sites is 1. The summed E-state index contributed by atoms with van der Waals surface area (Å²) in [5.74, 6) is 0.843. The van der Waals surface area contributed by atoms with E-state index in [4.69, 9.17) is 17.0 Å². The average Bonchev–Trinajstić information content (AvgIpc) is 2.96. The van der Waals surface area contributed by atoms with E-state index in [2.05, 4.69) is 16.4 Å². The third-order valence-electron chi connectivity index (χ3n) is 2.74. The fraction of sp³-hybridized carbons (Fsp3) is 0.154. The van der Waals surface area contributed by atoms with E-state index in [1.807, 2.05) is 35.1 Å². The van der Waals surface area contributed by atoms with E-state index in [0.29, 0.717) is 11.4 Å². The van der Waals surface area contributed by atoms with Gasteiger partial charge < -0.3 is 9.72 Å². The second kappa shape index (κ2) is 4.59. The van der Waals surface area contributed by atoms with Crippen molar-refractivity contribution in [3.8, 4) is 11.4 Å². The Bertz CT molecular complexity index is 725. The summed E-state index contributed by atoms with van der Waals surface area (Å²) in [6.07, 6.45) is 0. The number of aromatic amines is 1. The van der Waals surface area contributed by atoms with Crippen LogP contribution in [0.15, 0.2) is 35.0 Å². The van der Waals surface area contributed by atoms with Crippen molar-refractivity contribution in [2.45, 2.75) is 6.92 Å². The zero-order valence-corrected chi connectivity index (χ0v) is 11.5. The summed E-state index contributed by atoms with van der Waals surface area (Å²) in [6, 6.07) is 8.04. The van der Waals surface area contributed by atoms with Gasteiger partial charge in [-0.3, -0.25) is 4.57 Å². The van der Waals surface area contributed by atoms with Crippen molar-refractivity contribution < 1.29 is 4.74 Å². The fourth-order valence-corrected chi connectivity index (χ4v) is 2.95. The maximum absolute atomic E-state index is 5.62. The van der Waals surface area contributed by atoms with Crippen molar-refractivity contribution in [1.29, 1.82) is 0 Å². The standard InChI is InChI=1S/C13H12N2OS2/c1-2-16-11-5-3-4-10-12(11)14-13(17)15(10)9-6-7-18-8-9/h3-8H,2H2,1H3,(H,14,17). The van der Waals surface area contributed by atoms with Crippen molar-refractivity contribution in [2.24, 2.45) is 0 Å². The molecule has 1 N–H and O–H groups in total. The van der Waals surface area contributed by atoms with E-state index in [1.165, 1.54) is 0 Å². The summed E-state index contributed by atoms with van der Waals surface area (Å²) in [5, 5.41) is 4.12. The van der Waals surface area contributed by atoms with E-state index < -0.39 is 0 Å². The molecule has 18 heavy (non-hydrogen) atoms. The number of benzene rings is 1. The third kappa shape index (κ3) is 1.76. The number of H-pyrrole nitrogens is 1. The van der Waals surface area contributed by atoms with Gasteiger partial charge in [0.1, 0.15) is 11.3 Å². The zero-order valence-electron chi connectivity index (χ0n) is 9.84. The molecule has 3 aromatic rings. The second-order valence-electron chi connectivity index (χ2n) is 3.83. The first-order chi connectivity index (χ1) is 8.81. The summed E-state index contributed by atoms with van der Waals surface area (Å²) < 4.78 is 8.34. The number of ether oxygens (including phenoxy) is 1. The molecule has 1 aromatic carbocycles. The second-order valence-corrected chi connectivity index (χ2v) is 5.00. The highest BCUT2D eigenvalue weighted by Gasteiger charge is 2.10. The maximum atomic E-state index is 5.62. The molecule has 0 amide bonds. The van der Waals surface area contributed by atoms with E-state index in [-0.39, 0.29) is 0 Å². The van der Waals surface area contributed by atoms with Crippen molar-refractivity contribution >= 4 is 34.6 Å². The Morgan fingerprint density at radius 3 is 3.00 bits per heavy atom. The van der Waals surface area contributed by atoms with E-state index >= 15 is 0 Å². The Kier molecular flexibility index (Phi) is 2.93. The van der Waals surface area contributed by atoms with Crippen molar-refractivity contribution in [2.75, 3.05) is 6.61 Å². The lowest BCUT2D eigenvalue weighted by Gasteiger charge is -2.05. The van der Waals surface area contributed by atoms with Crippen LogP contribution in [0.3, 0.4) is 0 Å². The fourth-order valence-electron chi connectivity index (χ4n) is 2.02. The monoisotopic (exact) mass is 276 g/mol. The Morgan fingerprint density at radius 2 is 2.28 bits per heavy atom. The molecule has 0 saturated heterocycles. The third-order valence-corrected chi connectivity index (χ3v) is 3.70. The smallest absolute Gasteiger partial charge is 0.182 e. The molecule has 0 spiro atoms. The minimum atomic E-state index is 0.642. The molecule has 0 fully saturated rings. The van der Waals surface area contributed by atoms with E-state index in [0.717, 1.165) is 22.5 Å². The largest absolute Gasteiger partial charge is 0.492 e. The Hall–Kier alpha value is -1.59. The molecule has 0 atom stereocenters. The summed E-state index contributed by atoms with van der Waals surface area (Å²) in [5.41, 5.74) is 3.09. The molecule has 3 rings (SSSR count). The van der Waals surface area contributed by atoms with Crippen LogP contribution < -0.4 is 4.74 Å². The summed E-state index contributed by atoms with van der Waals surface area (Å²) in [7, 11) is 0. The van der Waals surface area contributed by atoms with Crippen molar-refractivity contribution in [1.82, 2.24) is 9.55 Å². The molecule has 92 valence electrons. The van der Waals surface area contributed by atoms with Crippen LogP contribution in [-0.2, 0) is 0 Å². The number of hydrogen-bond acceptors (Lipinski definition) is 3. The number of hydrogen-bond donors (Lipinski definition) is 1. The Balaban J connectivity index is 2.31. The molecular formula is C13H12N2OS2. The van der Waals surface area contributed by atoms with Crippen LogP contribution in [0.4, 0.5) is 0 Å². The lowest BCUT2D eigenvalue weighted by atomic mass is 10.3. The first kappa shape index (κ1) is 11.5. The molecule has 2 heterocycles. The van der Waals surface area contributed by atoms with Crippen LogP contribution in [0.5, 0.6) is 5.75 Å². The predicted molar refractivity (Wildman–Crippen MR) is 77.5 cm³/mol. The number of aromatic nitrogens is 2. The minimum Gasteiger partial charge on any atom is -0.492 e. The SMILES string of the molecule is CCOc1cccc2c1[nH]c(=S)n2-c1ccsc1. The maximum Gasteiger partial charge on any atom is 0.182 e. The van der Waals surface area contributed by atoms with Gasteiger partial charge in [-0.2, -0.15) is 11.3 Å². The topological polar surface area (TPSA) is 29.9 Å². The van der Waals surface area contributed by atoms with E-state index in [9.17, 15) is 0 Å². The highest BCUT2D eigenvalue weighted by atomic mass is 32.1. The van der Waals surface area contributed by atoms with Gasteiger partial charge in [0.25, 0.3) is 0 Å². The van der Waals surface area contributed by atoms with Gasteiger partial charge in [0.15, 0.2) is 4.77 Å².